The molecule has 0 bridgehead atoms. The molecule has 2 radical (unpaired) electrons. The lowest BCUT2D eigenvalue weighted by Crippen LogP contribution is -1.91. The highest BCUT2D eigenvalue weighted by Gasteiger charge is 2.02. The maximum Gasteiger partial charge on any atom is 0.0740 e. The van der Waals surface area contributed by atoms with Crippen molar-refractivity contribution in [3.63, 3.8) is 0 Å². The molecule has 0 aliphatic heterocycles. The van der Waals surface area contributed by atoms with E-state index in [4.69, 9.17) is 13.1 Å². The van der Waals surface area contributed by atoms with Gasteiger partial charge in [-0.3, -0.25) is 0 Å². The molecule has 1 N–H and O–H groups in total. The molecule has 0 aliphatic rings. The van der Waals surface area contributed by atoms with Crippen LogP contribution in [0.15, 0.2) is 41.6 Å². The van der Waals surface area contributed by atoms with Gasteiger partial charge in [0, 0.05) is 5.56 Å². The van der Waals surface area contributed by atoms with Crippen molar-refractivity contribution in [2.75, 3.05) is 0 Å². The van der Waals surface area contributed by atoms with E-state index in [2.05, 4.69) is 5.16 Å². The van der Waals surface area contributed by atoms with Crippen LogP contribution in [0.25, 0.3) is 10.8 Å². The summed E-state index contributed by atoms with van der Waals surface area (Å²) in [5.41, 5.74) is 1.99. The van der Waals surface area contributed by atoms with Crippen LogP contribution >= 0.6 is 0 Å². The topological polar surface area (TPSA) is 32.6 Å². The Labute approximate surface area is 89.6 Å². The predicted octanol–water partition coefficient (Wildman–Crippen LogP) is 2.32. The minimum absolute atomic E-state index is 0.511. The van der Waals surface area contributed by atoms with Crippen LogP contribution in [0.3, 0.4) is 0 Å². The third-order valence-electron chi connectivity index (χ3n) is 2.46. The second-order valence-corrected chi connectivity index (χ2v) is 3.31. The number of benzene rings is 2. The molecule has 0 amide bonds. The van der Waals surface area contributed by atoms with Crippen molar-refractivity contribution in [2.24, 2.45) is 5.16 Å². The third kappa shape index (κ3) is 1.73. The molecule has 2 nitrogen and oxygen atoms in total. The molecular weight excluding hydrogens is 185 g/mol. The molecule has 0 aromatic heterocycles. The average Bonchev–Trinajstić information content (AvgIpc) is 2.30. The Kier molecular flexibility index (Phi) is 2.72. The first-order valence-corrected chi connectivity index (χ1v) is 4.75. The van der Waals surface area contributed by atoms with E-state index in [1.165, 1.54) is 6.21 Å². The van der Waals surface area contributed by atoms with Crippen molar-refractivity contribution in [1.29, 1.82) is 0 Å². The largest absolute Gasteiger partial charge is 0.411 e. The van der Waals surface area contributed by atoms with Crippen molar-refractivity contribution >= 4 is 24.8 Å². The summed E-state index contributed by atoms with van der Waals surface area (Å²) < 4.78 is 0. The van der Waals surface area contributed by atoms with E-state index in [0.717, 1.165) is 21.9 Å². The van der Waals surface area contributed by atoms with Crippen LogP contribution in [0, 0.1) is 0 Å². The van der Waals surface area contributed by atoms with Gasteiger partial charge in [0.25, 0.3) is 0 Å². The van der Waals surface area contributed by atoms with Gasteiger partial charge in [0.2, 0.25) is 0 Å². The standard InChI is InChI=1S/C12H10BNO/c13-7-9-5-6-10(8-14-15)12-4-2-1-3-11(9)12/h1-6,8,15H,7H2/b14-8+. The molecule has 3 heteroatoms. The second-order valence-electron chi connectivity index (χ2n) is 3.31. The predicted molar refractivity (Wildman–Crippen MR) is 62.8 cm³/mol. The summed E-state index contributed by atoms with van der Waals surface area (Å²) in [4.78, 5) is 0. The summed E-state index contributed by atoms with van der Waals surface area (Å²) in [6, 6.07) is 11.8. The summed E-state index contributed by atoms with van der Waals surface area (Å²) in [6.07, 6.45) is 1.94. The number of rotatable bonds is 2. The minimum Gasteiger partial charge on any atom is -0.411 e. The van der Waals surface area contributed by atoms with Gasteiger partial charge >= 0.3 is 0 Å². The number of hydrogen-bond donors (Lipinski definition) is 1. The summed E-state index contributed by atoms with van der Waals surface area (Å²) in [6.45, 7) is 0. The Balaban J connectivity index is 2.77. The van der Waals surface area contributed by atoms with E-state index in [1.54, 1.807) is 0 Å². The van der Waals surface area contributed by atoms with Gasteiger partial charge in [0.15, 0.2) is 0 Å². The molecule has 72 valence electrons. The lowest BCUT2D eigenvalue weighted by molar-refractivity contribution is 0.322. The zero-order valence-electron chi connectivity index (χ0n) is 8.22. The van der Waals surface area contributed by atoms with Crippen molar-refractivity contribution < 1.29 is 5.21 Å². The van der Waals surface area contributed by atoms with E-state index in [-0.39, 0.29) is 0 Å². The maximum atomic E-state index is 8.55. The van der Waals surface area contributed by atoms with E-state index in [0.29, 0.717) is 6.32 Å². The molecule has 0 atom stereocenters. The molecule has 0 aliphatic carbocycles. The highest BCUT2D eigenvalue weighted by Crippen LogP contribution is 2.21. The second kappa shape index (κ2) is 4.17. The summed E-state index contributed by atoms with van der Waals surface area (Å²) >= 11 is 0. The fourth-order valence-electron chi connectivity index (χ4n) is 1.74. The summed E-state index contributed by atoms with van der Waals surface area (Å²) in [5, 5.41) is 13.8. The lowest BCUT2D eigenvalue weighted by atomic mass is 9.91. The van der Waals surface area contributed by atoms with E-state index >= 15 is 0 Å². The van der Waals surface area contributed by atoms with Gasteiger partial charge in [-0.25, -0.2) is 0 Å². The Morgan fingerprint density at radius 1 is 1.13 bits per heavy atom. The van der Waals surface area contributed by atoms with Gasteiger partial charge in [-0.05, 0) is 16.3 Å². The molecule has 2 rings (SSSR count). The first kappa shape index (κ1) is 9.78. The monoisotopic (exact) mass is 195 g/mol. The van der Waals surface area contributed by atoms with Gasteiger partial charge in [-0.15, -0.1) is 0 Å². The summed E-state index contributed by atoms with van der Waals surface area (Å²) in [7, 11) is 5.66. The lowest BCUT2D eigenvalue weighted by Gasteiger charge is -2.06. The fourth-order valence-corrected chi connectivity index (χ4v) is 1.74. The van der Waals surface area contributed by atoms with Gasteiger partial charge in [-0.2, -0.15) is 0 Å². The number of oxime groups is 1. The van der Waals surface area contributed by atoms with Gasteiger partial charge < -0.3 is 5.21 Å². The molecule has 0 saturated carbocycles. The van der Waals surface area contributed by atoms with Crippen LogP contribution < -0.4 is 0 Å². The van der Waals surface area contributed by atoms with Crippen LogP contribution in [0.4, 0.5) is 0 Å². The van der Waals surface area contributed by atoms with Gasteiger partial charge in [0.05, 0.1) is 14.1 Å². The zero-order chi connectivity index (χ0) is 10.7. The van der Waals surface area contributed by atoms with Crippen molar-refractivity contribution in [1.82, 2.24) is 0 Å². The number of fused-ring (bicyclic) bond motifs is 1. The smallest absolute Gasteiger partial charge is 0.0740 e. The molecule has 0 spiro atoms. The zero-order valence-corrected chi connectivity index (χ0v) is 8.22. The first-order chi connectivity index (χ1) is 7.36. The van der Waals surface area contributed by atoms with Crippen molar-refractivity contribution in [2.45, 2.75) is 6.32 Å². The van der Waals surface area contributed by atoms with Crippen LogP contribution in [0.1, 0.15) is 11.1 Å². The highest BCUT2D eigenvalue weighted by molar-refractivity contribution is 6.11. The highest BCUT2D eigenvalue weighted by atomic mass is 16.4. The number of nitrogens with zero attached hydrogens (tertiary/aromatic N) is 1. The Hall–Kier alpha value is -1.77. The molecule has 15 heavy (non-hydrogen) atoms. The first-order valence-electron chi connectivity index (χ1n) is 4.75. The normalized spacial score (nSPS) is 11.2. The SMILES string of the molecule is [B]Cc1ccc(/C=N/O)c2ccccc12. The maximum absolute atomic E-state index is 8.55. The third-order valence-corrected chi connectivity index (χ3v) is 2.46. The fraction of sp³-hybridized carbons (Fsp3) is 0.0833. The van der Waals surface area contributed by atoms with Gasteiger partial charge in [0.1, 0.15) is 0 Å². The van der Waals surface area contributed by atoms with Crippen LogP contribution in [0.5, 0.6) is 0 Å². The van der Waals surface area contributed by atoms with Crippen LogP contribution in [-0.2, 0) is 6.32 Å². The molecule has 2 aromatic carbocycles. The molecule has 0 unspecified atom stereocenters. The Bertz CT molecular complexity index is 508. The quantitative estimate of drug-likeness (QED) is 0.339. The average molecular weight is 195 g/mol. The van der Waals surface area contributed by atoms with E-state index in [1.807, 2.05) is 36.4 Å². The molecule has 2 aromatic rings. The minimum atomic E-state index is 0.511. The Morgan fingerprint density at radius 3 is 2.53 bits per heavy atom. The molecule has 0 heterocycles. The van der Waals surface area contributed by atoms with E-state index in [9.17, 15) is 0 Å². The van der Waals surface area contributed by atoms with Gasteiger partial charge in [-0.1, -0.05) is 47.9 Å². The van der Waals surface area contributed by atoms with Crippen molar-refractivity contribution in [3.8, 4) is 0 Å². The molecule has 0 fully saturated rings. The van der Waals surface area contributed by atoms with E-state index < -0.39 is 0 Å². The molecule has 0 saturated heterocycles. The van der Waals surface area contributed by atoms with Crippen LogP contribution in [0.2, 0.25) is 0 Å². The van der Waals surface area contributed by atoms with Crippen LogP contribution in [-0.4, -0.2) is 19.3 Å². The summed E-state index contributed by atoms with van der Waals surface area (Å²) in [5.74, 6) is 0. The van der Waals surface area contributed by atoms with Crippen molar-refractivity contribution in [3.05, 3.63) is 47.5 Å². The number of hydrogen-bond acceptors (Lipinski definition) is 2. The Morgan fingerprint density at radius 2 is 1.87 bits per heavy atom. The molecular formula is C12H10BNO.